The van der Waals surface area contributed by atoms with Crippen molar-refractivity contribution >= 4 is 10.9 Å². The Morgan fingerprint density at radius 3 is 2.14 bits per heavy atom. The molecule has 0 atom stereocenters. The number of benzene rings is 1. The Morgan fingerprint density at radius 2 is 1.67 bits per heavy atom. The highest BCUT2D eigenvalue weighted by Crippen LogP contribution is 2.30. The average Bonchev–Trinajstić information content (AvgIpc) is 2.49. The number of alkyl halides is 3. The molecule has 0 spiro atoms. The first kappa shape index (κ1) is 19.2. The maximum Gasteiger partial charge on any atom is 0.416 e. The predicted octanol–water partition coefficient (Wildman–Crippen LogP) is 4.06. The minimum atomic E-state index is -4.43. The van der Waals surface area contributed by atoms with Gasteiger partial charge in [0.25, 0.3) is 0 Å². The molecule has 0 radical (unpaired) electrons. The largest absolute Gasteiger partial charge is 0.416 e. The summed E-state index contributed by atoms with van der Waals surface area (Å²) >= 11 is 0. The van der Waals surface area contributed by atoms with Crippen LogP contribution in [0.2, 0.25) is 0 Å². The van der Waals surface area contributed by atoms with Crippen molar-refractivity contribution in [1.29, 1.82) is 0 Å². The molecular weight excluding hydrogens is 281 g/mol. The van der Waals surface area contributed by atoms with E-state index < -0.39 is 11.7 Å². The van der Waals surface area contributed by atoms with Gasteiger partial charge in [-0.2, -0.15) is 13.2 Å². The standard InChI is InChI=1S/C11H9F3N2O.2C2H6/c12-11(13,14)6-1-2-8-9(3-6)16-7(5-15)4-10(8)17;2*1-2/h1-4H,5,15H2,(H,16,17);2*1-2H3. The molecule has 0 saturated heterocycles. The van der Waals surface area contributed by atoms with Gasteiger partial charge in [0, 0.05) is 23.7 Å². The smallest absolute Gasteiger partial charge is 0.357 e. The van der Waals surface area contributed by atoms with Gasteiger partial charge in [0.05, 0.1) is 11.1 Å². The molecule has 0 aliphatic heterocycles. The molecule has 2 aromatic rings. The maximum absolute atomic E-state index is 12.5. The molecule has 1 aromatic heterocycles. The molecule has 118 valence electrons. The average molecular weight is 302 g/mol. The third-order valence-electron chi connectivity index (χ3n) is 2.43. The highest BCUT2D eigenvalue weighted by atomic mass is 19.4. The number of H-pyrrole nitrogens is 1. The summed E-state index contributed by atoms with van der Waals surface area (Å²) in [4.78, 5) is 14.3. The van der Waals surface area contributed by atoms with E-state index >= 15 is 0 Å². The number of nitrogens with two attached hydrogens (primary N) is 1. The summed E-state index contributed by atoms with van der Waals surface area (Å²) in [6, 6.07) is 4.25. The summed E-state index contributed by atoms with van der Waals surface area (Å²) in [7, 11) is 0. The lowest BCUT2D eigenvalue weighted by atomic mass is 10.1. The SMILES string of the molecule is CC.CC.NCc1cc(=O)c2ccc(C(F)(F)F)cc2[nH]1. The lowest BCUT2D eigenvalue weighted by Crippen LogP contribution is -2.10. The Morgan fingerprint density at radius 1 is 1.10 bits per heavy atom. The van der Waals surface area contributed by atoms with E-state index in [-0.39, 0.29) is 22.9 Å². The number of rotatable bonds is 1. The molecule has 6 heteroatoms. The van der Waals surface area contributed by atoms with E-state index in [4.69, 9.17) is 5.73 Å². The van der Waals surface area contributed by atoms with E-state index in [1.54, 1.807) is 0 Å². The molecular formula is C15H21F3N2O. The van der Waals surface area contributed by atoms with E-state index in [0.717, 1.165) is 18.2 Å². The number of aromatic amines is 1. The van der Waals surface area contributed by atoms with Crippen molar-refractivity contribution in [3.8, 4) is 0 Å². The number of pyridine rings is 1. The Kier molecular flexibility index (Phi) is 7.73. The minimum absolute atomic E-state index is 0.0709. The van der Waals surface area contributed by atoms with Crippen LogP contribution in [0.3, 0.4) is 0 Å². The molecule has 3 N–H and O–H groups in total. The van der Waals surface area contributed by atoms with Gasteiger partial charge in [-0.05, 0) is 18.2 Å². The first-order valence-corrected chi connectivity index (χ1v) is 6.85. The number of aromatic nitrogens is 1. The number of hydrogen-bond donors (Lipinski definition) is 2. The highest BCUT2D eigenvalue weighted by Gasteiger charge is 2.30. The topological polar surface area (TPSA) is 58.9 Å². The number of fused-ring (bicyclic) bond motifs is 1. The van der Waals surface area contributed by atoms with Crippen molar-refractivity contribution in [2.45, 2.75) is 40.4 Å². The Bertz CT molecular complexity index is 618. The monoisotopic (exact) mass is 302 g/mol. The number of nitrogens with one attached hydrogen (secondary N) is 1. The van der Waals surface area contributed by atoms with Gasteiger partial charge in [-0.1, -0.05) is 27.7 Å². The second-order valence-electron chi connectivity index (χ2n) is 3.62. The van der Waals surface area contributed by atoms with Crippen LogP contribution in [0.4, 0.5) is 13.2 Å². The zero-order chi connectivity index (χ0) is 16.6. The highest BCUT2D eigenvalue weighted by molar-refractivity contribution is 5.79. The van der Waals surface area contributed by atoms with Gasteiger partial charge in [-0.15, -0.1) is 0 Å². The van der Waals surface area contributed by atoms with Crippen LogP contribution < -0.4 is 11.2 Å². The maximum atomic E-state index is 12.5. The lowest BCUT2D eigenvalue weighted by molar-refractivity contribution is -0.137. The summed E-state index contributed by atoms with van der Waals surface area (Å²) in [5.41, 5.74) is 4.76. The van der Waals surface area contributed by atoms with Crippen LogP contribution in [0.5, 0.6) is 0 Å². The number of hydrogen-bond acceptors (Lipinski definition) is 2. The van der Waals surface area contributed by atoms with Crippen LogP contribution in [-0.4, -0.2) is 4.98 Å². The molecule has 2 rings (SSSR count). The second kappa shape index (κ2) is 8.46. The van der Waals surface area contributed by atoms with Crippen molar-refractivity contribution < 1.29 is 13.2 Å². The van der Waals surface area contributed by atoms with E-state index in [2.05, 4.69) is 4.98 Å². The molecule has 0 amide bonds. The van der Waals surface area contributed by atoms with Gasteiger partial charge >= 0.3 is 6.18 Å². The lowest BCUT2D eigenvalue weighted by Gasteiger charge is -2.08. The summed E-state index contributed by atoms with van der Waals surface area (Å²) in [6.45, 7) is 8.07. The van der Waals surface area contributed by atoms with Crippen molar-refractivity contribution in [2.24, 2.45) is 5.73 Å². The van der Waals surface area contributed by atoms with Crippen molar-refractivity contribution in [1.82, 2.24) is 4.98 Å². The fourth-order valence-electron chi connectivity index (χ4n) is 1.59. The molecule has 21 heavy (non-hydrogen) atoms. The Hall–Kier alpha value is -1.82. The van der Waals surface area contributed by atoms with Crippen LogP contribution in [0.1, 0.15) is 39.0 Å². The van der Waals surface area contributed by atoms with E-state index in [1.807, 2.05) is 27.7 Å². The molecule has 0 aliphatic rings. The molecule has 0 aliphatic carbocycles. The van der Waals surface area contributed by atoms with Crippen molar-refractivity contribution in [3.05, 3.63) is 45.7 Å². The predicted molar refractivity (Wildman–Crippen MR) is 80.2 cm³/mol. The fraction of sp³-hybridized carbons (Fsp3) is 0.400. The fourth-order valence-corrected chi connectivity index (χ4v) is 1.59. The van der Waals surface area contributed by atoms with Gasteiger partial charge in [-0.3, -0.25) is 4.79 Å². The summed E-state index contributed by atoms with van der Waals surface area (Å²) in [5, 5.41) is 0.218. The van der Waals surface area contributed by atoms with Crippen LogP contribution in [0.15, 0.2) is 29.1 Å². The quantitative estimate of drug-likeness (QED) is 0.834. The van der Waals surface area contributed by atoms with E-state index in [9.17, 15) is 18.0 Å². The molecule has 1 heterocycles. The van der Waals surface area contributed by atoms with Crippen LogP contribution >= 0.6 is 0 Å². The van der Waals surface area contributed by atoms with Gasteiger partial charge in [0.2, 0.25) is 0 Å². The second-order valence-corrected chi connectivity index (χ2v) is 3.62. The first-order valence-electron chi connectivity index (χ1n) is 6.85. The van der Waals surface area contributed by atoms with Crippen LogP contribution in [0, 0.1) is 0 Å². The molecule has 0 unspecified atom stereocenters. The Labute approximate surface area is 122 Å². The molecule has 0 fully saturated rings. The van der Waals surface area contributed by atoms with Crippen molar-refractivity contribution in [3.63, 3.8) is 0 Å². The zero-order valence-electron chi connectivity index (χ0n) is 12.6. The summed E-state index contributed by atoms with van der Waals surface area (Å²) < 4.78 is 37.4. The first-order chi connectivity index (χ1) is 9.91. The molecule has 1 aromatic carbocycles. The van der Waals surface area contributed by atoms with Gasteiger partial charge < -0.3 is 10.7 Å². The number of halogens is 3. The van der Waals surface area contributed by atoms with Crippen molar-refractivity contribution in [2.75, 3.05) is 0 Å². The van der Waals surface area contributed by atoms with Crippen LogP contribution in [0.25, 0.3) is 10.9 Å². The van der Waals surface area contributed by atoms with E-state index in [0.29, 0.717) is 5.69 Å². The van der Waals surface area contributed by atoms with Crippen LogP contribution in [-0.2, 0) is 12.7 Å². The zero-order valence-corrected chi connectivity index (χ0v) is 12.6. The van der Waals surface area contributed by atoms with Gasteiger partial charge in [0.1, 0.15) is 0 Å². The summed E-state index contributed by atoms with van der Waals surface area (Å²) in [5.74, 6) is 0. The summed E-state index contributed by atoms with van der Waals surface area (Å²) in [6.07, 6.45) is -4.43. The molecule has 0 bridgehead atoms. The van der Waals surface area contributed by atoms with Gasteiger partial charge in [-0.25, -0.2) is 0 Å². The van der Waals surface area contributed by atoms with Gasteiger partial charge in [0.15, 0.2) is 5.43 Å². The normalized spacial score (nSPS) is 10.3. The Balaban J connectivity index is 0.000000921. The third-order valence-corrected chi connectivity index (χ3v) is 2.43. The molecule has 0 saturated carbocycles. The third kappa shape index (κ3) is 4.90. The van der Waals surface area contributed by atoms with E-state index in [1.165, 1.54) is 6.07 Å². The minimum Gasteiger partial charge on any atom is -0.357 e. The molecule has 3 nitrogen and oxygen atoms in total.